The molecule has 0 amide bonds. The second-order valence-electron chi connectivity index (χ2n) is 19.9. The van der Waals surface area contributed by atoms with Gasteiger partial charge >= 0.3 is 11.9 Å². The molecule has 0 spiro atoms. The van der Waals surface area contributed by atoms with E-state index in [2.05, 4.69) is 30.6 Å². The predicted molar refractivity (Wildman–Crippen MR) is 259 cm³/mol. The fourth-order valence-corrected chi connectivity index (χ4v) is 10.00. The molecule has 0 aliphatic heterocycles. The average Bonchev–Trinajstić information content (AvgIpc) is 3.25. The second-order valence-corrected chi connectivity index (χ2v) is 19.9. The summed E-state index contributed by atoms with van der Waals surface area (Å²) in [6, 6.07) is 1.32. The third kappa shape index (κ3) is 30.6. The SMILES string of the molecule is CCCCCCCCCCCCCCCC(=O)OCC(CCCCN(CCN(CCO)C1CCCCC1)C1CCC1)COC(=O)CC(CCCCCC)CCCCCCCC. The Morgan fingerprint density at radius 2 is 0.869 bits per heavy atom. The third-order valence-corrected chi connectivity index (χ3v) is 14.4. The number of hydrogen-bond donors (Lipinski definition) is 1. The molecule has 2 rings (SSSR count). The summed E-state index contributed by atoms with van der Waals surface area (Å²) in [5, 5.41) is 9.85. The zero-order chi connectivity index (χ0) is 43.9. The summed E-state index contributed by atoms with van der Waals surface area (Å²) in [6.45, 7) is 11.8. The van der Waals surface area contributed by atoms with Crippen LogP contribution in [0.3, 0.4) is 0 Å². The molecule has 7 nitrogen and oxygen atoms in total. The second kappa shape index (κ2) is 40.3. The van der Waals surface area contributed by atoms with Crippen molar-refractivity contribution >= 4 is 11.9 Å². The normalized spacial score (nSPS) is 16.0. The predicted octanol–water partition coefficient (Wildman–Crippen LogP) is 14.5. The van der Waals surface area contributed by atoms with Crippen LogP contribution in [0, 0.1) is 11.8 Å². The Hall–Kier alpha value is -1.18. The number of ether oxygens (including phenoxy) is 2. The van der Waals surface area contributed by atoms with E-state index in [1.165, 1.54) is 186 Å². The summed E-state index contributed by atoms with van der Waals surface area (Å²) in [4.78, 5) is 31.6. The third-order valence-electron chi connectivity index (χ3n) is 14.4. The maximum absolute atomic E-state index is 13.4. The van der Waals surface area contributed by atoms with E-state index >= 15 is 0 Å². The molecule has 0 aromatic carbocycles. The molecule has 2 aliphatic rings. The van der Waals surface area contributed by atoms with Crippen molar-refractivity contribution in [1.29, 1.82) is 0 Å². The molecule has 0 heterocycles. The Kier molecular flexibility index (Phi) is 37.0. The lowest BCUT2D eigenvalue weighted by Gasteiger charge is -2.40. The molecular formula is C54H104N2O5. The van der Waals surface area contributed by atoms with E-state index in [1.54, 1.807) is 0 Å². The first-order chi connectivity index (χ1) is 30.0. The smallest absolute Gasteiger partial charge is 0.306 e. The van der Waals surface area contributed by atoms with Crippen LogP contribution in [0.25, 0.3) is 0 Å². The first-order valence-electron chi connectivity index (χ1n) is 27.4. The summed E-state index contributed by atoms with van der Waals surface area (Å²) >= 11 is 0. The molecule has 2 unspecified atom stereocenters. The molecule has 0 radical (unpaired) electrons. The van der Waals surface area contributed by atoms with Crippen LogP contribution in [0.2, 0.25) is 0 Å². The van der Waals surface area contributed by atoms with Crippen LogP contribution in [0.1, 0.15) is 265 Å². The zero-order valence-corrected chi connectivity index (χ0v) is 41.1. The Bertz CT molecular complexity index is 984. The van der Waals surface area contributed by atoms with Gasteiger partial charge in [0.25, 0.3) is 0 Å². The van der Waals surface area contributed by atoms with E-state index in [9.17, 15) is 14.7 Å². The van der Waals surface area contributed by atoms with Gasteiger partial charge in [-0.05, 0) is 70.3 Å². The van der Waals surface area contributed by atoms with E-state index in [0.717, 1.165) is 71.1 Å². The van der Waals surface area contributed by atoms with Gasteiger partial charge in [0.05, 0.1) is 19.8 Å². The largest absolute Gasteiger partial charge is 0.465 e. The number of rotatable bonds is 44. The van der Waals surface area contributed by atoms with Crippen LogP contribution in [0.15, 0.2) is 0 Å². The number of carbonyl (C=O) groups is 2. The molecule has 0 aromatic rings. The molecule has 0 aromatic heterocycles. The van der Waals surface area contributed by atoms with Crippen LogP contribution in [0.5, 0.6) is 0 Å². The summed E-state index contributed by atoms with van der Waals surface area (Å²) in [6.07, 6.45) is 46.3. The molecule has 1 N–H and O–H groups in total. The van der Waals surface area contributed by atoms with Gasteiger partial charge in [-0.25, -0.2) is 0 Å². The standard InChI is InChI=1S/C54H104N2O5/c1-4-7-10-13-15-16-17-18-19-20-21-23-29-40-53(58)60-47-50(48-61-54(59)46-49(33-25-12-9-6-3)34-26-22-14-11-8-5-2)35-30-31-41-55(52-38-32-39-52)42-43-56(44-45-57)51-36-27-24-28-37-51/h49-52,57H,4-48H2,1-3H3. The van der Waals surface area contributed by atoms with Crippen LogP contribution in [-0.2, 0) is 19.1 Å². The highest BCUT2D eigenvalue weighted by Gasteiger charge is 2.27. The Morgan fingerprint density at radius 1 is 0.459 bits per heavy atom. The lowest BCUT2D eigenvalue weighted by atomic mass is 9.91. The van der Waals surface area contributed by atoms with E-state index in [1.807, 2.05) is 0 Å². The number of nitrogens with zero attached hydrogens (tertiary/aromatic N) is 2. The van der Waals surface area contributed by atoms with Crippen molar-refractivity contribution in [3.05, 3.63) is 0 Å². The molecule has 2 aliphatic carbocycles. The summed E-state index contributed by atoms with van der Waals surface area (Å²) in [5.41, 5.74) is 0. The van der Waals surface area contributed by atoms with Gasteiger partial charge in [0, 0.05) is 50.5 Å². The topological polar surface area (TPSA) is 79.3 Å². The van der Waals surface area contributed by atoms with Gasteiger partial charge in [-0.3, -0.25) is 19.4 Å². The first kappa shape index (κ1) is 56.0. The van der Waals surface area contributed by atoms with E-state index in [0.29, 0.717) is 44.1 Å². The fraction of sp³-hybridized carbons (Fsp3) is 0.963. The number of hydrogen-bond acceptors (Lipinski definition) is 7. The highest BCUT2D eigenvalue weighted by Crippen LogP contribution is 2.28. The van der Waals surface area contributed by atoms with Crippen LogP contribution >= 0.6 is 0 Å². The molecule has 61 heavy (non-hydrogen) atoms. The Labute approximate surface area is 379 Å². The Balaban J connectivity index is 1.85. The van der Waals surface area contributed by atoms with Crippen LogP contribution < -0.4 is 0 Å². The maximum Gasteiger partial charge on any atom is 0.306 e. The number of esters is 2. The molecule has 2 fully saturated rings. The van der Waals surface area contributed by atoms with E-state index in [4.69, 9.17) is 9.47 Å². The minimum absolute atomic E-state index is 0.0459. The average molecular weight is 861 g/mol. The number of carbonyl (C=O) groups excluding carboxylic acids is 2. The van der Waals surface area contributed by atoms with Gasteiger partial charge in [-0.2, -0.15) is 0 Å². The number of aliphatic hydroxyl groups excluding tert-OH is 1. The molecule has 2 atom stereocenters. The quantitative estimate of drug-likeness (QED) is 0.0483. The number of unbranched alkanes of at least 4 members (excludes halogenated alkanes) is 21. The van der Waals surface area contributed by atoms with Gasteiger partial charge in [0.1, 0.15) is 0 Å². The van der Waals surface area contributed by atoms with Crippen molar-refractivity contribution in [2.75, 3.05) is 46.0 Å². The van der Waals surface area contributed by atoms with Gasteiger partial charge < -0.3 is 14.6 Å². The van der Waals surface area contributed by atoms with Crippen molar-refractivity contribution in [2.45, 2.75) is 277 Å². The molecule has 0 bridgehead atoms. The van der Waals surface area contributed by atoms with Gasteiger partial charge in [0.2, 0.25) is 0 Å². The summed E-state index contributed by atoms with van der Waals surface area (Å²) in [7, 11) is 0. The lowest BCUT2D eigenvalue weighted by molar-refractivity contribution is -0.150. The zero-order valence-electron chi connectivity index (χ0n) is 41.1. The lowest BCUT2D eigenvalue weighted by Crippen LogP contribution is -2.47. The van der Waals surface area contributed by atoms with Crippen molar-refractivity contribution in [3.63, 3.8) is 0 Å². The fourth-order valence-electron chi connectivity index (χ4n) is 10.00. The monoisotopic (exact) mass is 861 g/mol. The molecule has 0 saturated heterocycles. The molecule has 7 heteroatoms. The molecule has 360 valence electrons. The first-order valence-corrected chi connectivity index (χ1v) is 27.4. The van der Waals surface area contributed by atoms with Crippen molar-refractivity contribution in [1.82, 2.24) is 9.80 Å². The summed E-state index contributed by atoms with van der Waals surface area (Å²) < 4.78 is 12.0. The van der Waals surface area contributed by atoms with E-state index < -0.39 is 0 Å². The van der Waals surface area contributed by atoms with Gasteiger partial charge in [-0.15, -0.1) is 0 Å². The molecular weight excluding hydrogens is 757 g/mol. The van der Waals surface area contributed by atoms with Crippen LogP contribution in [0.4, 0.5) is 0 Å². The van der Waals surface area contributed by atoms with Crippen molar-refractivity contribution in [3.8, 4) is 0 Å². The Morgan fingerprint density at radius 3 is 1.36 bits per heavy atom. The number of aliphatic hydroxyl groups is 1. The van der Waals surface area contributed by atoms with E-state index in [-0.39, 0.29) is 24.5 Å². The maximum atomic E-state index is 13.4. The van der Waals surface area contributed by atoms with Gasteiger partial charge in [0.15, 0.2) is 0 Å². The van der Waals surface area contributed by atoms with Crippen LogP contribution in [-0.4, -0.2) is 84.9 Å². The minimum atomic E-state index is -0.0907. The minimum Gasteiger partial charge on any atom is -0.465 e. The highest BCUT2D eigenvalue weighted by molar-refractivity contribution is 5.70. The summed E-state index contributed by atoms with van der Waals surface area (Å²) in [5.74, 6) is 0.309. The highest BCUT2D eigenvalue weighted by atomic mass is 16.5. The van der Waals surface area contributed by atoms with Gasteiger partial charge in [-0.1, -0.05) is 194 Å². The molecule has 2 saturated carbocycles. The van der Waals surface area contributed by atoms with Crippen molar-refractivity contribution < 1.29 is 24.2 Å². The van der Waals surface area contributed by atoms with Crippen molar-refractivity contribution in [2.24, 2.45) is 11.8 Å².